The molecular weight excluding hydrogens is 414 g/mol. The van der Waals surface area contributed by atoms with Crippen molar-refractivity contribution in [1.29, 1.82) is 0 Å². The summed E-state index contributed by atoms with van der Waals surface area (Å²) in [5, 5.41) is 4.67. The van der Waals surface area contributed by atoms with Gasteiger partial charge in [-0.1, -0.05) is 0 Å². The molecule has 0 bridgehead atoms. The maximum absolute atomic E-state index is 12.7. The molecule has 0 unspecified atom stereocenters. The Morgan fingerprint density at radius 1 is 1.37 bits per heavy atom. The van der Waals surface area contributed by atoms with E-state index in [1.165, 1.54) is 0 Å². The van der Waals surface area contributed by atoms with Crippen LogP contribution in [0.5, 0.6) is 5.88 Å². The monoisotopic (exact) mass is 431 g/mol. The van der Waals surface area contributed by atoms with Gasteiger partial charge in [0.2, 0.25) is 5.88 Å². The van der Waals surface area contributed by atoms with E-state index in [1.54, 1.807) is 35.6 Å². The smallest absolute Gasteiger partial charge is 0.289 e. The summed E-state index contributed by atoms with van der Waals surface area (Å²) < 4.78 is 13.7. The van der Waals surface area contributed by atoms with Gasteiger partial charge in [0.25, 0.3) is 5.91 Å². The van der Waals surface area contributed by atoms with Gasteiger partial charge in [-0.15, -0.1) is 0 Å². The number of rotatable bonds is 5. The fourth-order valence-electron chi connectivity index (χ4n) is 3.20. The summed E-state index contributed by atoms with van der Waals surface area (Å²) in [5.74, 6) is 0.642. The number of halogens is 1. The van der Waals surface area contributed by atoms with Crippen molar-refractivity contribution >= 4 is 21.8 Å². The normalized spacial score (nSPS) is 13.5. The highest BCUT2D eigenvalue weighted by molar-refractivity contribution is 9.10. The van der Waals surface area contributed by atoms with Gasteiger partial charge in [-0.2, -0.15) is 5.10 Å². The van der Waals surface area contributed by atoms with Crippen LogP contribution in [-0.4, -0.2) is 37.1 Å². The first-order chi connectivity index (χ1) is 13.2. The maximum Gasteiger partial charge on any atom is 0.289 e. The Kier molecular flexibility index (Phi) is 4.93. The molecular formula is C18H18BrN5O3. The maximum atomic E-state index is 12.7. The number of aryl methyl sites for hydroxylation is 1. The van der Waals surface area contributed by atoms with E-state index in [2.05, 4.69) is 37.9 Å². The van der Waals surface area contributed by atoms with Gasteiger partial charge in [-0.25, -0.2) is 4.98 Å². The van der Waals surface area contributed by atoms with Gasteiger partial charge in [-0.3, -0.25) is 14.5 Å². The van der Waals surface area contributed by atoms with Crippen LogP contribution >= 0.6 is 15.9 Å². The molecule has 0 atom stereocenters. The fourth-order valence-corrected chi connectivity index (χ4v) is 3.51. The van der Waals surface area contributed by atoms with Crippen molar-refractivity contribution in [3.8, 4) is 5.88 Å². The van der Waals surface area contributed by atoms with E-state index in [1.807, 2.05) is 4.68 Å². The van der Waals surface area contributed by atoms with Crippen molar-refractivity contribution in [3.63, 3.8) is 0 Å². The number of fused-ring (bicyclic) bond motifs is 1. The molecule has 4 heterocycles. The summed E-state index contributed by atoms with van der Waals surface area (Å²) in [6, 6.07) is 3.40. The zero-order valence-corrected chi connectivity index (χ0v) is 16.3. The van der Waals surface area contributed by atoms with Crippen LogP contribution < -0.4 is 4.74 Å². The van der Waals surface area contributed by atoms with E-state index in [9.17, 15) is 4.79 Å². The third kappa shape index (κ3) is 3.59. The topological polar surface area (TPSA) is 86.3 Å². The minimum atomic E-state index is -0.128. The molecule has 0 spiro atoms. The number of carbonyl (C=O) groups is 1. The van der Waals surface area contributed by atoms with E-state index in [0.29, 0.717) is 29.4 Å². The second-order valence-corrected chi connectivity index (χ2v) is 6.88. The largest absolute Gasteiger partial charge is 0.470 e. The number of hydrogen-bond donors (Lipinski definition) is 0. The molecule has 0 fully saturated rings. The third-order valence-corrected chi connectivity index (χ3v) is 4.91. The van der Waals surface area contributed by atoms with Crippen molar-refractivity contribution in [2.75, 3.05) is 6.54 Å². The molecule has 8 nitrogen and oxygen atoms in total. The molecule has 1 aliphatic heterocycles. The lowest BCUT2D eigenvalue weighted by Gasteiger charge is -2.27. The highest BCUT2D eigenvalue weighted by Gasteiger charge is 2.29. The van der Waals surface area contributed by atoms with Crippen LogP contribution in [0.3, 0.4) is 0 Å². The van der Waals surface area contributed by atoms with Gasteiger partial charge in [0.15, 0.2) is 10.4 Å². The molecule has 0 aliphatic carbocycles. The summed E-state index contributed by atoms with van der Waals surface area (Å²) in [4.78, 5) is 22.6. The van der Waals surface area contributed by atoms with Crippen LogP contribution in [0.4, 0.5) is 0 Å². The Bertz CT molecular complexity index is 953. The predicted molar refractivity (Wildman–Crippen MR) is 99.1 cm³/mol. The second kappa shape index (κ2) is 7.51. The molecule has 140 valence electrons. The highest BCUT2D eigenvalue weighted by atomic mass is 79.9. The van der Waals surface area contributed by atoms with Crippen LogP contribution in [0.25, 0.3) is 0 Å². The van der Waals surface area contributed by atoms with Gasteiger partial charge < -0.3 is 14.1 Å². The number of aromatic nitrogens is 4. The summed E-state index contributed by atoms with van der Waals surface area (Å²) in [6.45, 7) is 4.21. The van der Waals surface area contributed by atoms with Crippen LogP contribution in [0, 0.1) is 0 Å². The molecule has 0 radical (unpaired) electrons. The van der Waals surface area contributed by atoms with Crippen molar-refractivity contribution in [3.05, 3.63) is 58.1 Å². The van der Waals surface area contributed by atoms with Crippen LogP contribution in [0.15, 0.2) is 39.8 Å². The molecule has 0 saturated heterocycles. The van der Waals surface area contributed by atoms with Crippen molar-refractivity contribution < 1.29 is 13.9 Å². The standard InChI is InChI=1S/C18H18BrN5O3/c1-2-24-14-5-8-23(18(25)15-3-4-16(19)27-15)10-12(14)13(22-24)11-26-17-9-20-6-7-21-17/h3-4,6-7,9H,2,5,8,10-11H2,1H3. The second-order valence-electron chi connectivity index (χ2n) is 6.10. The Morgan fingerprint density at radius 3 is 2.96 bits per heavy atom. The average Bonchev–Trinajstić information content (AvgIpc) is 3.29. The summed E-state index contributed by atoms with van der Waals surface area (Å²) in [5.41, 5.74) is 3.00. The third-order valence-electron chi connectivity index (χ3n) is 4.48. The minimum absolute atomic E-state index is 0.128. The lowest BCUT2D eigenvalue weighted by Crippen LogP contribution is -2.36. The number of ether oxygens (including phenoxy) is 1. The molecule has 0 N–H and O–H groups in total. The molecule has 0 aromatic carbocycles. The first-order valence-electron chi connectivity index (χ1n) is 8.66. The Labute approximate surface area is 164 Å². The lowest BCUT2D eigenvalue weighted by molar-refractivity contribution is 0.0698. The molecule has 9 heteroatoms. The predicted octanol–water partition coefficient (Wildman–Crippen LogP) is 2.83. The van der Waals surface area contributed by atoms with Gasteiger partial charge in [0, 0.05) is 49.7 Å². The van der Waals surface area contributed by atoms with E-state index in [4.69, 9.17) is 9.15 Å². The van der Waals surface area contributed by atoms with Crippen LogP contribution in [-0.2, 0) is 26.1 Å². The molecule has 4 rings (SSSR count). The first kappa shape index (κ1) is 17.7. The molecule has 3 aromatic heterocycles. The van der Waals surface area contributed by atoms with Crippen molar-refractivity contribution in [1.82, 2.24) is 24.6 Å². The highest BCUT2D eigenvalue weighted by Crippen LogP contribution is 2.26. The number of carbonyl (C=O) groups excluding carboxylic acids is 1. The average molecular weight is 432 g/mol. The molecule has 1 aliphatic rings. The Balaban J connectivity index is 1.55. The zero-order chi connectivity index (χ0) is 18.8. The number of amides is 1. The number of nitrogens with zero attached hydrogens (tertiary/aromatic N) is 5. The Morgan fingerprint density at radius 2 is 2.26 bits per heavy atom. The van der Waals surface area contributed by atoms with E-state index in [-0.39, 0.29) is 12.5 Å². The number of hydrogen-bond acceptors (Lipinski definition) is 6. The fraction of sp³-hybridized carbons (Fsp3) is 0.333. The SMILES string of the molecule is CCn1nc(COc2cnccn2)c2c1CCN(C(=O)c1ccc(Br)o1)C2. The molecule has 27 heavy (non-hydrogen) atoms. The van der Waals surface area contributed by atoms with E-state index in [0.717, 1.165) is 29.9 Å². The van der Waals surface area contributed by atoms with Crippen LogP contribution in [0.1, 0.15) is 34.4 Å². The van der Waals surface area contributed by atoms with Gasteiger partial charge in [0.1, 0.15) is 12.3 Å². The van der Waals surface area contributed by atoms with Crippen molar-refractivity contribution in [2.45, 2.75) is 33.0 Å². The number of furan rings is 1. The summed E-state index contributed by atoms with van der Waals surface area (Å²) >= 11 is 3.24. The molecule has 3 aromatic rings. The van der Waals surface area contributed by atoms with Crippen LogP contribution in [0.2, 0.25) is 0 Å². The molecule has 1 amide bonds. The van der Waals surface area contributed by atoms with Gasteiger partial charge >= 0.3 is 0 Å². The summed E-state index contributed by atoms with van der Waals surface area (Å²) in [7, 11) is 0. The quantitative estimate of drug-likeness (QED) is 0.617. The first-order valence-corrected chi connectivity index (χ1v) is 9.46. The summed E-state index contributed by atoms with van der Waals surface area (Å²) in [6.07, 6.45) is 5.48. The molecule has 0 saturated carbocycles. The Hall–Kier alpha value is -2.68. The van der Waals surface area contributed by atoms with E-state index >= 15 is 0 Å². The lowest BCUT2D eigenvalue weighted by atomic mass is 10.0. The van der Waals surface area contributed by atoms with E-state index < -0.39 is 0 Å². The van der Waals surface area contributed by atoms with Crippen molar-refractivity contribution in [2.24, 2.45) is 0 Å². The minimum Gasteiger partial charge on any atom is -0.470 e. The van der Waals surface area contributed by atoms with Gasteiger partial charge in [-0.05, 0) is 35.0 Å². The van der Waals surface area contributed by atoms with Gasteiger partial charge in [0.05, 0.1) is 6.20 Å². The zero-order valence-electron chi connectivity index (χ0n) is 14.8.